The number of benzene rings is 1. The molecule has 3 rings (SSSR count). The highest BCUT2D eigenvalue weighted by Crippen LogP contribution is 2.17. The number of anilines is 1. The minimum Gasteiger partial charge on any atom is -0.391 e. The van der Waals surface area contributed by atoms with Crippen molar-refractivity contribution in [3.63, 3.8) is 0 Å². The molecule has 0 unspecified atom stereocenters. The monoisotopic (exact) mass is 342 g/mol. The first-order valence-electron chi connectivity index (χ1n) is 8.48. The lowest BCUT2D eigenvalue weighted by Crippen LogP contribution is -2.42. The van der Waals surface area contributed by atoms with Gasteiger partial charge in [-0.1, -0.05) is 6.07 Å². The topological polar surface area (TPSA) is 87.5 Å². The number of likely N-dealkylation sites (tertiary alicyclic amines) is 1. The molecule has 0 bridgehead atoms. The van der Waals surface area contributed by atoms with Gasteiger partial charge in [-0.3, -0.25) is 14.3 Å². The summed E-state index contributed by atoms with van der Waals surface area (Å²) < 4.78 is 1.68. The van der Waals surface area contributed by atoms with Crippen LogP contribution in [0.4, 0.5) is 5.69 Å². The van der Waals surface area contributed by atoms with E-state index in [2.05, 4.69) is 10.4 Å². The van der Waals surface area contributed by atoms with Crippen LogP contribution in [0.5, 0.6) is 0 Å². The number of hydrogen-bond acceptors (Lipinski definition) is 4. The number of carbonyl (C=O) groups excluding carboxylic acids is 2. The van der Waals surface area contributed by atoms with E-state index in [1.54, 1.807) is 40.0 Å². The molecule has 0 radical (unpaired) electrons. The van der Waals surface area contributed by atoms with Gasteiger partial charge in [-0.05, 0) is 38.0 Å². The fraction of sp³-hybridized carbons (Fsp3) is 0.389. The van der Waals surface area contributed by atoms with E-state index in [-0.39, 0.29) is 11.8 Å². The van der Waals surface area contributed by atoms with Crippen molar-refractivity contribution in [3.05, 3.63) is 47.8 Å². The van der Waals surface area contributed by atoms with Crippen LogP contribution >= 0.6 is 0 Å². The molecule has 0 saturated carbocycles. The first-order chi connectivity index (χ1) is 12.1. The molecule has 1 aromatic carbocycles. The Bertz CT molecular complexity index is 771. The number of nitrogens with one attached hydrogen (secondary N) is 1. The van der Waals surface area contributed by atoms with Gasteiger partial charge in [0.2, 0.25) is 0 Å². The third-order valence-electron chi connectivity index (χ3n) is 4.27. The van der Waals surface area contributed by atoms with Gasteiger partial charge in [0.1, 0.15) is 0 Å². The van der Waals surface area contributed by atoms with Crippen LogP contribution in [0.25, 0.3) is 0 Å². The molecule has 1 fully saturated rings. The van der Waals surface area contributed by atoms with Crippen molar-refractivity contribution >= 4 is 17.5 Å². The Kier molecular flexibility index (Phi) is 5.14. The number of hydrogen-bond donors (Lipinski definition) is 2. The SMILES string of the molecule is CCn1cc(C(=O)Nc2cccc(C(=O)N3CCC[C@H](O)C3)c2)cn1. The van der Waals surface area contributed by atoms with Crippen molar-refractivity contribution in [1.82, 2.24) is 14.7 Å². The van der Waals surface area contributed by atoms with Crippen molar-refractivity contribution in [2.24, 2.45) is 0 Å². The molecule has 7 nitrogen and oxygen atoms in total. The molecule has 1 aliphatic heterocycles. The number of aliphatic hydroxyl groups is 1. The Hall–Kier alpha value is -2.67. The average Bonchev–Trinajstić information content (AvgIpc) is 3.11. The van der Waals surface area contributed by atoms with Crippen LogP contribution in [-0.4, -0.2) is 50.8 Å². The third-order valence-corrected chi connectivity index (χ3v) is 4.27. The van der Waals surface area contributed by atoms with Crippen molar-refractivity contribution in [2.75, 3.05) is 18.4 Å². The van der Waals surface area contributed by atoms with Crippen LogP contribution in [0.15, 0.2) is 36.7 Å². The van der Waals surface area contributed by atoms with E-state index in [4.69, 9.17) is 0 Å². The second-order valence-electron chi connectivity index (χ2n) is 6.17. The lowest BCUT2D eigenvalue weighted by atomic mass is 10.1. The predicted octanol–water partition coefficient (Wildman–Crippen LogP) is 1.75. The second-order valence-corrected chi connectivity index (χ2v) is 6.17. The summed E-state index contributed by atoms with van der Waals surface area (Å²) in [6.45, 7) is 3.63. The second kappa shape index (κ2) is 7.48. The van der Waals surface area contributed by atoms with Crippen molar-refractivity contribution < 1.29 is 14.7 Å². The fourth-order valence-electron chi connectivity index (χ4n) is 2.91. The first-order valence-corrected chi connectivity index (χ1v) is 8.48. The summed E-state index contributed by atoms with van der Waals surface area (Å²) in [5, 5.41) is 16.6. The van der Waals surface area contributed by atoms with Crippen molar-refractivity contribution in [2.45, 2.75) is 32.4 Å². The van der Waals surface area contributed by atoms with Crippen molar-refractivity contribution in [3.8, 4) is 0 Å². The molecule has 25 heavy (non-hydrogen) atoms. The maximum atomic E-state index is 12.6. The van der Waals surface area contributed by atoms with Crippen LogP contribution in [-0.2, 0) is 6.54 Å². The van der Waals surface area contributed by atoms with E-state index in [1.807, 2.05) is 6.92 Å². The van der Waals surface area contributed by atoms with Gasteiger partial charge in [0.15, 0.2) is 0 Å². The minimum absolute atomic E-state index is 0.131. The molecule has 1 atom stereocenters. The normalized spacial score (nSPS) is 17.4. The summed E-state index contributed by atoms with van der Waals surface area (Å²) in [6, 6.07) is 6.85. The average molecular weight is 342 g/mol. The minimum atomic E-state index is -0.462. The Morgan fingerprint density at radius 2 is 2.20 bits per heavy atom. The van der Waals surface area contributed by atoms with Gasteiger partial charge >= 0.3 is 0 Å². The van der Waals surface area contributed by atoms with Gasteiger partial charge in [0.05, 0.1) is 17.9 Å². The quantitative estimate of drug-likeness (QED) is 0.886. The standard InChI is InChI=1S/C18H22N4O3/c1-2-22-11-14(10-19-22)17(24)20-15-6-3-5-13(9-15)18(25)21-8-4-7-16(23)12-21/h3,5-6,9-11,16,23H,2,4,7-8,12H2,1H3,(H,20,24)/t16-/m0/s1. The van der Waals surface area contributed by atoms with E-state index in [9.17, 15) is 14.7 Å². The summed E-state index contributed by atoms with van der Waals surface area (Å²) in [4.78, 5) is 26.5. The molecule has 2 N–H and O–H groups in total. The zero-order valence-corrected chi connectivity index (χ0v) is 14.2. The van der Waals surface area contributed by atoms with E-state index in [0.717, 1.165) is 12.8 Å². The van der Waals surface area contributed by atoms with Crippen molar-refractivity contribution in [1.29, 1.82) is 0 Å². The van der Waals surface area contributed by atoms with E-state index >= 15 is 0 Å². The van der Waals surface area contributed by atoms with Crippen LogP contribution in [0.2, 0.25) is 0 Å². The number of aliphatic hydroxyl groups excluding tert-OH is 1. The van der Waals surface area contributed by atoms with Gasteiger partial charge in [0, 0.05) is 37.1 Å². The molecule has 0 aliphatic carbocycles. The maximum Gasteiger partial charge on any atom is 0.258 e. The molecular weight excluding hydrogens is 320 g/mol. The molecule has 2 aromatic rings. The lowest BCUT2D eigenvalue weighted by molar-refractivity contribution is 0.0474. The van der Waals surface area contributed by atoms with Gasteiger partial charge in [-0.25, -0.2) is 0 Å². The van der Waals surface area contributed by atoms with E-state index < -0.39 is 6.10 Å². The summed E-state index contributed by atoms with van der Waals surface area (Å²) in [6.07, 6.45) is 4.26. The Morgan fingerprint density at radius 1 is 1.36 bits per heavy atom. The van der Waals surface area contributed by atoms with E-state index in [1.165, 1.54) is 6.20 Å². The number of β-amino-alcohol motifs (C(OH)–C–C–N with tert-alkyl or cyclic N) is 1. The fourth-order valence-corrected chi connectivity index (χ4v) is 2.91. The molecular formula is C18H22N4O3. The highest BCUT2D eigenvalue weighted by atomic mass is 16.3. The first kappa shape index (κ1) is 17.2. The smallest absolute Gasteiger partial charge is 0.258 e. The molecule has 1 aromatic heterocycles. The number of aryl methyl sites for hydroxylation is 1. The Morgan fingerprint density at radius 3 is 2.92 bits per heavy atom. The lowest BCUT2D eigenvalue weighted by Gasteiger charge is -2.30. The molecule has 7 heteroatoms. The summed E-state index contributed by atoms with van der Waals surface area (Å²) in [7, 11) is 0. The van der Waals surface area contributed by atoms with E-state index in [0.29, 0.717) is 36.4 Å². The third kappa shape index (κ3) is 4.06. The highest BCUT2D eigenvalue weighted by Gasteiger charge is 2.23. The zero-order chi connectivity index (χ0) is 17.8. The predicted molar refractivity (Wildman–Crippen MR) is 93.4 cm³/mol. The Labute approximate surface area is 146 Å². The van der Waals surface area contributed by atoms with Gasteiger partial charge in [-0.15, -0.1) is 0 Å². The molecule has 132 valence electrons. The molecule has 2 amide bonds. The number of piperidine rings is 1. The molecule has 1 saturated heterocycles. The summed E-state index contributed by atoms with van der Waals surface area (Å²) in [5.41, 5.74) is 1.52. The van der Waals surface area contributed by atoms with Gasteiger partial charge in [-0.2, -0.15) is 5.10 Å². The number of amides is 2. The number of rotatable bonds is 4. The van der Waals surface area contributed by atoms with Gasteiger partial charge < -0.3 is 15.3 Å². The highest BCUT2D eigenvalue weighted by molar-refractivity contribution is 6.04. The Balaban J connectivity index is 1.70. The van der Waals surface area contributed by atoms with Crippen LogP contribution in [0, 0.1) is 0 Å². The number of aromatic nitrogens is 2. The van der Waals surface area contributed by atoms with Crippen LogP contribution in [0.3, 0.4) is 0 Å². The van der Waals surface area contributed by atoms with Gasteiger partial charge in [0.25, 0.3) is 11.8 Å². The number of nitrogens with zero attached hydrogens (tertiary/aromatic N) is 3. The molecule has 2 heterocycles. The number of carbonyl (C=O) groups is 2. The molecule has 0 spiro atoms. The van der Waals surface area contributed by atoms with Crippen LogP contribution in [0.1, 0.15) is 40.5 Å². The maximum absolute atomic E-state index is 12.6. The summed E-state index contributed by atoms with van der Waals surface area (Å²) in [5.74, 6) is -0.397. The summed E-state index contributed by atoms with van der Waals surface area (Å²) >= 11 is 0. The molecule has 1 aliphatic rings. The largest absolute Gasteiger partial charge is 0.391 e. The van der Waals surface area contributed by atoms with Crippen LogP contribution < -0.4 is 5.32 Å². The zero-order valence-electron chi connectivity index (χ0n) is 14.2.